The molecule has 2 aromatic carbocycles. The highest BCUT2D eigenvalue weighted by Crippen LogP contribution is 2.19. The van der Waals surface area contributed by atoms with Crippen molar-refractivity contribution in [1.82, 2.24) is 0 Å². The summed E-state index contributed by atoms with van der Waals surface area (Å²) >= 11 is 0. The van der Waals surface area contributed by atoms with Crippen LogP contribution in [0.1, 0.15) is 27.6 Å². The Hall–Kier alpha value is -2.00. The van der Waals surface area contributed by atoms with Gasteiger partial charge in [-0.15, -0.1) is 0 Å². The lowest BCUT2D eigenvalue weighted by Crippen LogP contribution is -2.12. The number of ketones is 1. The van der Waals surface area contributed by atoms with Crippen molar-refractivity contribution in [2.24, 2.45) is 0 Å². The average molecular weight is 244 g/mol. The van der Waals surface area contributed by atoms with Gasteiger partial charge in [0.05, 0.1) is 0 Å². The van der Waals surface area contributed by atoms with Crippen molar-refractivity contribution in [1.29, 1.82) is 0 Å². The van der Waals surface area contributed by atoms with Gasteiger partial charge >= 0.3 is 0 Å². The Labute approximate surface area is 105 Å². The monoisotopic (exact) mass is 244 g/mol. The quantitative estimate of drug-likeness (QED) is 0.842. The minimum absolute atomic E-state index is 0.184. The van der Waals surface area contributed by atoms with E-state index in [1.165, 1.54) is 6.07 Å². The lowest BCUT2D eigenvalue weighted by atomic mass is 9.99. The van der Waals surface area contributed by atoms with Crippen LogP contribution in [0.5, 0.6) is 0 Å². The molecule has 0 aliphatic heterocycles. The third-order valence-corrected chi connectivity index (χ3v) is 2.69. The molecule has 1 unspecified atom stereocenters. The van der Waals surface area contributed by atoms with E-state index in [2.05, 4.69) is 0 Å². The fourth-order valence-corrected chi connectivity index (χ4v) is 1.82. The molecule has 0 radical (unpaired) electrons. The normalized spacial score (nSPS) is 12.2. The van der Waals surface area contributed by atoms with Gasteiger partial charge < -0.3 is 5.11 Å². The van der Waals surface area contributed by atoms with E-state index in [4.69, 9.17) is 0 Å². The van der Waals surface area contributed by atoms with Crippen molar-refractivity contribution in [3.05, 3.63) is 71.0 Å². The zero-order chi connectivity index (χ0) is 13.1. The number of hydrogen-bond acceptors (Lipinski definition) is 2. The highest BCUT2D eigenvalue weighted by molar-refractivity contribution is 6.00. The standard InChI is InChI=1S/C15H13FO2/c1-10-7-12(9-13(16)8-10)15(18)14(17)11-5-3-2-4-6-11/h2-9,14,17H,1H3. The van der Waals surface area contributed by atoms with Gasteiger partial charge in [0.1, 0.15) is 11.9 Å². The van der Waals surface area contributed by atoms with E-state index < -0.39 is 17.7 Å². The SMILES string of the molecule is Cc1cc(F)cc(C(=O)C(O)c2ccccc2)c1. The number of aryl methyl sites for hydroxylation is 1. The predicted molar refractivity (Wildman–Crippen MR) is 66.9 cm³/mol. The van der Waals surface area contributed by atoms with Gasteiger partial charge in [-0.2, -0.15) is 0 Å². The van der Waals surface area contributed by atoms with E-state index >= 15 is 0 Å². The molecule has 0 aliphatic rings. The van der Waals surface area contributed by atoms with Crippen LogP contribution < -0.4 is 0 Å². The number of Topliss-reactive ketones (excluding diaryl/α,β-unsaturated/α-hetero) is 1. The van der Waals surface area contributed by atoms with Gasteiger partial charge in [0.15, 0.2) is 5.78 Å². The third-order valence-electron chi connectivity index (χ3n) is 2.69. The molecule has 0 heterocycles. The zero-order valence-electron chi connectivity index (χ0n) is 9.93. The Balaban J connectivity index is 2.31. The summed E-state index contributed by atoms with van der Waals surface area (Å²) in [5.41, 5.74) is 1.34. The molecule has 1 atom stereocenters. The zero-order valence-corrected chi connectivity index (χ0v) is 9.93. The van der Waals surface area contributed by atoms with Crippen molar-refractivity contribution in [2.45, 2.75) is 13.0 Å². The molecule has 92 valence electrons. The van der Waals surface area contributed by atoms with Gasteiger partial charge in [-0.3, -0.25) is 4.79 Å². The Morgan fingerprint density at radius 2 is 1.83 bits per heavy atom. The van der Waals surface area contributed by atoms with E-state index in [1.807, 2.05) is 0 Å². The minimum Gasteiger partial charge on any atom is -0.380 e. The maximum Gasteiger partial charge on any atom is 0.195 e. The molecular formula is C15H13FO2. The number of hydrogen-bond donors (Lipinski definition) is 1. The van der Waals surface area contributed by atoms with Gasteiger partial charge in [0.2, 0.25) is 0 Å². The summed E-state index contributed by atoms with van der Waals surface area (Å²) in [5.74, 6) is -0.970. The van der Waals surface area contributed by atoms with E-state index in [-0.39, 0.29) is 5.56 Å². The molecular weight excluding hydrogens is 231 g/mol. The van der Waals surface area contributed by atoms with Crippen LogP contribution in [0.3, 0.4) is 0 Å². The highest BCUT2D eigenvalue weighted by Gasteiger charge is 2.19. The summed E-state index contributed by atoms with van der Waals surface area (Å²) in [6, 6.07) is 12.6. The second-order valence-corrected chi connectivity index (χ2v) is 4.19. The van der Waals surface area contributed by atoms with Crippen molar-refractivity contribution >= 4 is 5.78 Å². The first-order chi connectivity index (χ1) is 8.58. The van der Waals surface area contributed by atoms with Crippen LogP contribution in [-0.4, -0.2) is 10.9 Å². The van der Waals surface area contributed by atoms with Crippen molar-refractivity contribution in [3.8, 4) is 0 Å². The van der Waals surface area contributed by atoms with Gasteiger partial charge in [-0.05, 0) is 36.2 Å². The van der Waals surface area contributed by atoms with E-state index in [0.29, 0.717) is 11.1 Å². The summed E-state index contributed by atoms with van der Waals surface area (Å²) in [6.45, 7) is 1.70. The van der Waals surface area contributed by atoms with Crippen LogP contribution in [0, 0.1) is 12.7 Å². The Bertz CT molecular complexity index is 544. The lowest BCUT2D eigenvalue weighted by Gasteiger charge is -2.10. The lowest BCUT2D eigenvalue weighted by molar-refractivity contribution is 0.0747. The molecule has 0 amide bonds. The van der Waals surface area contributed by atoms with Crippen molar-refractivity contribution in [3.63, 3.8) is 0 Å². The molecule has 1 N–H and O–H groups in total. The van der Waals surface area contributed by atoms with Crippen molar-refractivity contribution in [2.75, 3.05) is 0 Å². The molecule has 2 rings (SSSR count). The first-order valence-electron chi connectivity index (χ1n) is 5.62. The summed E-state index contributed by atoms with van der Waals surface area (Å²) in [7, 11) is 0. The number of rotatable bonds is 3. The molecule has 0 bridgehead atoms. The number of aliphatic hydroxyl groups excluding tert-OH is 1. The fraction of sp³-hybridized carbons (Fsp3) is 0.133. The Kier molecular flexibility index (Phi) is 3.53. The number of aliphatic hydroxyl groups is 1. The van der Waals surface area contributed by atoms with E-state index in [9.17, 15) is 14.3 Å². The first-order valence-corrected chi connectivity index (χ1v) is 5.62. The molecule has 0 saturated carbocycles. The predicted octanol–water partition coefficient (Wildman–Crippen LogP) is 3.05. The van der Waals surface area contributed by atoms with Crippen LogP contribution in [0.4, 0.5) is 4.39 Å². The van der Waals surface area contributed by atoms with Gasteiger partial charge in [-0.1, -0.05) is 30.3 Å². The third kappa shape index (κ3) is 2.63. The first kappa shape index (κ1) is 12.5. The molecule has 0 fully saturated rings. The molecule has 0 aromatic heterocycles. The summed E-state index contributed by atoms with van der Waals surface area (Å²) < 4.78 is 13.2. The maximum atomic E-state index is 13.2. The van der Waals surface area contributed by atoms with Crippen LogP contribution in [0.15, 0.2) is 48.5 Å². The number of carbonyl (C=O) groups excluding carboxylic acids is 1. The highest BCUT2D eigenvalue weighted by atomic mass is 19.1. The van der Waals surface area contributed by atoms with Gasteiger partial charge in [-0.25, -0.2) is 4.39 Å². The average Bonchev–Trinajstić information content (AvgIpc) is 2.37. The van der Waals surface area contributed by atoms with Gasteiger partial charge in [0.25, 0.3) is 0 Å². The van der Waals surface area contributed by atoms with Crippen LogP contribution in [0.2, 0.25) is 0 Å². The molecule has 0 aliphatic carbocycles. The number of carbonyl (C=O) groups is 1. The van der Waals surface area contributed by atoms with Crippen LogP contribution >= 0.6 is 0 Å². The Morgan fingerprint density at radius 3 is 2.44 bits per heavy atom. The molecule has 18 heavy (non-hydrogen) atoms. The molecule has 2 aromatic rings. The maximum absolute atomic E-state index is 13.2. The summed E-state index contributed by atoms with van der Waals surface area (Å²) in [6.07, 6.45) is -1.26. The second-order valence-electron chi connectivity index (χ2n) is 4.19. The van der Waals surface area contributed by atoms with Crippen molar-refractivity contribution < 1.29 is 14.3 Å². The molecule has 2 nitrogen and oxygen atoms in total. The Morgan fingerprint density at radius 1 is 1.17 bits per heavy atom. The summed E-state index contributed by atoms with van der Waals surface area (Å²) in [5, 5.41) is 9.95. The smallest absolute Gasteiger partial charge is 0.195 e. The fourth-order valence-electron chi connectivity index (χ4n) is 1.82. The molecule has 3 heteroatoms. The number of halogens is 1. The van der Waals surface area contributed by atoms with E-state index in [1.54, 1.807) is 43.3 Å². The van der Waals surface area contributed by atoms with Crippen LogP contribution in [0.25, 0.3) is 0 Å². The second kappa shape index (κ2) is 5.10. The topological polar surface area (TPSA) is 37.3 Å². The van der Waals surface area contributed by atoms with Crippen LogP contribution in [-0.2, 0) is 0 Å². The van der Waals surface area contributed by atoms with Gasteiger partial charge in [0, 0.05) is 5.56 Å². The van der Waals surface area contributed by atoms with E-state index in [0.717, 1.165) is 6.07 Å². The minimum atomic E-state index is -1.26. The molecule has 0 spiro atoms. The molecule has 0 saturated heterocycles. The largest absolute Gasteiger partial charge is 0.380 e. The number of benzene rings is 2. The summed E-state index contributed by atoms with van der Waals surface area (Å²) in [4.78, 5) is 12.0.